The van der Waals surface area contributed by atoms with Gasteiger partial charge in [0, 0.05) is 36.9 Å². The second-order valence-corrected chi connectivity index (χ2v) is 7.29. The number of ether oxygens (including phenoxy) is 3. The molecule has 1 N–H and O–H groups in total. The molecule has 0 atom stereocenters. The van der Waals surface area contributed by atoms with Gasteiger partial charge in [-0.3, -0.25) is 9.78 Å². The fourth-order valence-electron chi connectivity index (χ4n) is 4.11. The van der Waals surface area contributed by atoms with E-state index in [0.717, 1.165) is 50.9 Å². The van der Waals surface area contributed by atoms with Crippen molar-refractivity contribution < 1.29 is 19.0 Å². The van der Waals surface area contributed by atoms with Gasteiger partial charge in [0.2, 0.25) is 0 Å². The van der Waals surface area contributed by atoms with Gasteiger partial charge in [0.05, 0.1) is 24.1 Å². The summed E-state index contributed by atoms with van der Waals surface area (Å²) < 4.78 is 17.9. The molecule has 0 bridgehead atoms. The minimum atomic E-state index is -0.111. The van der Waals surface area contributed by atoms with Crippen molar-refractivity contribution in [2.45, 2.75) is 13.3 Å². The summed E-state index contributed by atoms with van der Waals surface area (Å²) in [6, 6.07) is 15.2. The topological polar surface area (TPSA) is 69.7 Å². The molecule has 0 fully saturated rings. The highest BCUT2D eigenvalue weighted by Crippen LogP contribution is 2.44. The zero-order valence-corrected chi connectivity index (χ0v) is 17.4. The van der Waals surface area contributed by atoms with E-state index in [4.69, 9.17) is 14.2 Å². The normalized spacial score (nSPS) is 12.5. The third kappa shape index (κ3) is 3.30. The lowest BCUT2D eigenvalue weighted by molar-refractivity contribution is 0.0964. The maximum Gasteiger partial charge on any atom is 0.251 e. The minimum Gasteiger partial charge on any atom is -0.490 e. The van der Waals surface area contributed by atoms with Crippen LogP contribution in [0.15, 0.2) is 54.7 Å². The zero-order valence-electron chi connectivity index (χ0n) is 17.4. The van der Waals surface area contributed by atoms with Crippen LogP contribution in [0.2, 0.25) is 0 Å². The van der Waals surface area contributed by atoms with E-state index in [1.807, 2.05) is 55.5 Å². The SMILES string of the molecule is CCOc1cc2nccc(Oc3ccc4c(C(=O)NC)cccc4c3)c2c2c1OCC2. The summed E-state index contributed by atoms with van der Waals surface area (Å²) in [5.41, 5.74) is 2.51. The zero-order chi connectivity index (χ0) is 21.4. The number of hydrogen-bond acceptors (Lipinski definition) is 5. The molecule has 2 heterocycles. The molecule has 0 radical (unpaired) electrons. The van der Waals surface area contributed by atoms with Gasteiger partial charge in [0.15, 0.2) is 11.5 Å². The number of pyridine rings is 1. The molecule has 6 nitrogen and oxygen atoms in total. The van der Waals surface area contributed by atoms with Crippen LogP contribution in [0.4, 0.5) is 0 Å². The Kier molecular flexibility index (Phi) is 4.82. The van der Waals surface area contributed by atoms with Crippen LogP contribution in [0, 0.1) is 0 Å². The minimum absolute atomic E-state index is 0.111. The lowest BCUT2D eigenvalue weighted by Gasteiger charge is -2.14. The molecule has 1 amide bonds. The predicted molar refractivity (Wildman–Crippen MR) is 120 cm³/mol. The highest BCUT2D eigenvalue weighted by atomic mass is 16.5. The average molecular weight is 414 g/mol. The van der Waals surface area contributed by atoms with Gasteiger partial charge in [-0.05, 0) is 48.0 Å². The Morgan fingerprint density at radius 1 is 1.16 bits per heavy atom. The maximum atomic E-state index is 12.2. The first-order valence-electron chi connectivity index (χ1n) is 10.3. The summed E-state index contributed by atoms with van der Waals surface area (Å²) in [7, 11) is 1.63. The van der Waals surface area contributed by atoms with E-state index in [9.17, 15) is 4.79 Å². The van der Waals surface area contributed by atoms with Crippen molar-refractivity contribution in [3.8, 4) is 23.0 Å². The molecule has 3 aromatic carbocycles. The van der Waals surface area contributed by atoms with Crippen LogP contribution in [-0.2, 0) is 6.42 Å². The quantitative estimate of drug-likeness (QED) is 0.504. The van der Waals surface area contributed by atoms with E-state index >= 15 is 0 Å². The molecule has 31 heavy (non-hydrogen) atoms. The van der Waals surface area contributed by atoms with Crippen LogP contribution in [0.25, 0.3) is 21.7 Å². The number of carbonyl (C=O) groups excluding carboxylic acids is 1. The van der Waals surface area contributed by atoms with Gasteiger partial charge >= 0.3 is 0 Å². The highest BCUT2D eigenvalue weighted by molar-refractivity contribution is 6.07. The molecule has 1 aromatic heterocycles. The standard InChI is InChI=1S/C25H22N2O4/c1-3-29-22-14-20-23(19-10-12-30-24(19)22)21(9-11-27-20)31-16-7-8-17-15(13-16)5-4-6-18(17)25(28)26-2/h4-9,11,13-14H,3,10,12H2,1-2H3,(H,26,28). The number of aromatic nitrogens is 1. The van der Waals surface area contributed by atoms with Gasteiger partial charge in [-0.25, -0.2) is 0 Å². The number of rotatable bonds is 5. The van der Waals surface area contributed by atoms with E-state index in [1.54, 1.807) is 13.2 Å². The first-order chi connectivity index (χ1) is 15.2. The van der Waals surface area contributed by atoms with Gasteiger partial charge < -0.3 is 19.5 Å². The van der Waals surface area contributed by atoms with Gasteiger partial charge in [-0.2, -0.15) is 0 Å². The molecular weight excluding hydrogens is 392 g/mol. The lowest BCUT2D eigenvalue weighted by Crippen LogP contribution is -2.17. The average Bonchev–Trinajstić information content (AvgIpc) is 3.28. The molecule has 4 aromatic rings. The van der Waals surface area contributed by atoms with Crippen molar-refractivity contribution in [2.24, 2.45) is 0 Å². The third-order valence-corrected chi connectivity index (χ3v) is 5.46. The summed E-state index contributed by atoms with van der Waals surface area (Å²) in [4.78, 5) is 16.7. The van der Waals surface area contributed by atoms with Gasteiger partial charge in [0.1, 0.15) is 11.5 Å². The Morgan fingerprint density at radius 3 is 2.90 bits per heavy atom. The fourth-order valence-corrected chi connectivity index (χ4v) is 4.11. The van der Waals surface area contributed by atoms with Crippen molar-refractivity contribution in [1.82, 2.24) is 10.3 Å². The molecule has 156 valence electrons. The maximum absolute atomic E-state index is 12.2. The van der Waals surface area contributed by atoms with Crippen LogP contribution >= 0.6 is 0 Å². The van der Waals surface area contributed by atoms with Crippen LogP contribution < -0.4 is 19.5 Å². The predicted octanol–water partition coefficient (Wildman–Crippen LogP) is 4.87. The summed E-state index contributed by atoms with van der Waals surface area (Å²) in [5, 5.41) is 5.44. The van der Waals surface area contributed by atoms with E-state index in [0.29, 0.717) is 24.5 Å². The van der Waals surface area contributed by atoms with E-state index in [2.05, 4.69) is 10.3 Å². The Bertz CT molecular complexity index is 1320. The summed E-state index contributed by atoms with van der Waals surface area (Å²) in [6.45, 7) is 3.13. The van der Waals surface area contributed by atoms with Crippen molar-refractivity contribution in [3.05, 3.63) is 65.9 Å². The van der Waals surface area contributed by atoms with Crippen LogP contribution in [0.5, 0.6) is 23.0 Å². The van der Waals surface area contributed by atoms with Crippen LogP contribution in [0.1, 0.15) is 22.8 Å². The Morgan fingerprint density at radius 2 is 2.06 bits per heavy atom. The Hall–Kier alpha value is -3.80. The molecule has 1 aliphatic rings. The molecular formula is C25H22N2O4. The molecule has 1 aliphatic heterocycles. The number of amides is 1. The monoisotopic (exact) mass is 414 g/mol. The third-order valence-electron chi connectivity index (χ3n) is 5.46. The molecule has 0 unspecified atom stereocenters. The largest absolute Gasteiger partial charge is 0.490 e. The number of benzene rings is 3. The smallest absolute Gasteiger partial charge is 0.251 e. The van der Waals surface area contributed by atoms with Gasteiger partial charge in [-0.1, -0.05) is 12.1 Å². The number of fused-ring (bicyclic) bond motifs is 4. The van der Waals surface area contributed by atoms with E-state index in [1.165, 1.54) is 0 Å². The van der Waals surface area contributed by atoms with E-state index in [-0.39, 0.29) is 5.91 Å². The van der Waals surface area contributed by atoms with E-state index < -0.39 is 0 Å². The summed E-state index contributed by atoms with van der Waals surface area (Å²) in [6.07, 6.45) is 2.52. The van der Waals surface area contributed by atoms with Crippen molar-refractivity contribution in [1.29, 1.82) is 0 Å². The number of hydrogen-bond donors (Lipinski definition) is 1. The van der Waals surface area contributed by atoms with Gasteiger partial charge in [-0.15, -0.1) is 0 Å². The van der Waals surface area contributed by atoms with Crippen molar-refractivity contribution in [3.63, 3.8) is 0 Å². The summed E-state index contributed by atoms with van der Waals surface area (Å²) >= 11 is 0. The fraction of sp³-hybridized carbons (Fsp3) is 0.200. The van der Waals surface area contributed by atoms with Crippen LogP contribution in [-0.4, -0.2) is 31.2 Å². The molecule has 6 heteroatoms. The first-order valence-corrected chi connectivity index (χ1v) is 10.3. The number of nitrogens with one attached hydrogen (secondary N) is 1. The van der Waals surface area contributed by atoms with Crippen molar-refractivity contribution in [2.75, 3.05) is 20.3 Å². The lowest BCUT2D eigenvalue weighted by atomic mass is 10.0. The molecule has 0 spiro atoms. The molecule has 0 saturated heterocycles. The van der Waals surface area contributed by atoms with Gasteiger partial charge in [0.25, 0.3) is 5.91 Å². The number of nitrogens with zero attached hydrogens (tertiary/aromatic N) is 1. The highest BCUT2D eigenvalue weighted by Gasteiger charge is 2.24. The molecule has 0 saturated carbocycles. The number of carbonyl (C=O) groups is 1. The van der Waals surface area contributed by atoms with Crippen molar-refractivity contribution >= 4 is 27.6 Å². The second-order valence-electron chi connectivity index (χ2n) is 7.29. The Balaban J connectivity index is 1.59. The Labute approximate surface area is 179 Å². The molecule has 5 rings (SSSR count). The first kappa shape index (κ1) is 19.2. The van der Waals surface area contributed by atoms with Crippen LogP contribution in [0.3, 0.4) is 0 Å². The summed E-state index contributed by atoms with van der Waals surface area (Å²) in [5.74, 6) is 2.80. The second kappa shape index (κ2) is 7.80. The molecule has 0 aliphatic carbocycles.